The molecule has 0 N–H and O–H groups in total. The maximum Gasteiger partial charge on any atom is 0.306 e. The third kappa shape index (κ3) is 53.8. The predicted octanol–water partition coefficient (Wildman–Crippen LogP) is 19.4. The van der Waals surface area contributed by atoms with Crippen LogP contribution in [0.1, 0.15) is 284 Å². The average molecular weight is 950 g/mol. The van der Waals surface area contributed by atoms with Crippen LogP contribution in [0.2, 0.25) is 0 Å². The molecule has 6 heteroatoms. The molecule has 392 valence electrons. The van der Waals surface area contributed by atoms with Crippen molar-refractivity contribution in [1.82, 2.24) is 0 Å². The molecule has 0 aromatic rings. The molecule has 1 atom stereocenters. The molecule has 68 heavy (non-hydrogen) atoms. The summed E-state index contributed by atoms with van der Waals surface area (Å²) in [6.07, 6.45) is 72.0. The standard InChI is InChI=1S/C62H108O6/c1-4-7-10-13-16-19-22-25-27-29-31-33-34-37-40-43-46-49-52-55-61(64)67-58-59(57-66-60(63)54-51-48-45-42-39-36-24-21-18-15-12-9-6-3)68-62(65)56-53-50-47-44-41-38-35-32-30-28-26-23-20-17-14-11-8-5-2/h9,12,15,18,21,24,32,35-36,39,42,45,59H,4-8,10-11,13-14,16-17,19-20,22-23,25-31,33-34,37-38,40-41,43-44,46-58H2,1-3H3/b12-9-,18-15-,24-21-,35-32-,39-36-,45-42-. The van der Waals surface area contributed by atoms with Gasteiger partial charge >= 0.3 is 17.9 Å². The molecule has 0 rings (SSSR count). The fourth-order valence-corrected chi connectivity index (χ4v) is 8.23. The highest BCUT2D eigenvalue weighted by Crippen LogP contribution is 2.16. The summed E-state index contributed by atoms with van der Waals surface area (Å²) in [4.78, 5) is 38.1. The number of rotatable bonds is 52. The summed E-state index contributed by atoms with van der Waals surface area (Å²) in [5.41, 5.74) is 0. The molecule has 0 radical (unpaired) electrons. The van der Waals surface area contributed by atoms with Gasteiger partial charge in [-0.1, -0.05) is 280 Å². The number of carbonyl (C=O) groups excluding carboxylic acids is 3. The molecular weight excluding hydrogens is 841 g/mol. The van der Waals surface area contributed by atoms with Crippen molar-refractivity contribution in [2.24, 2.45) is 0 Å². The van der Waals surface area contributed by atoms with Crippen LogP contribution in [-0.4, -0.2) is 37.2 Å². The Morgan fingerprint density at radius 2 is 0.603 bits per heavy atom. The van der Waals surface area contributed by atoms with E-state index in [-0.39, 0.29) is 37.5 Å². The zero-order valence-corrected chi connectivity index (χ0v) is 44.9. The number of esters is 3. The van der Waals surface area contributed by atoms with Gasteiger partial charge in [0, 0.05) is 19.3 Å². The smallest absolute Gasteiger partial charge is 0.306 e. The lowest BCUT2D eigenvalue weighted by molar-refractivity contribution is -0.167. The number of hydrogen-bond acceptors (Lipinski definition) is 6. The molecule has 0 aliphatic heterocycles. The second-order valence-corrected chi connectivity index (χ2v) is 19.3. The Labute approximate surface area is 421 Å². The fraction of sp³-hybridized carbons (Fsp3) is 0.758. The average Bonchev–Trinajstić information content (AvgIpc) is 3.34. The van der Waals surface area contributed by atoms with Crippen molar-refractivity contribution in [3.63, 3.8) is 0 Å². The van der Waals surface area contributed by atoms with Crippen molar-refractivity contribution in [3.8, 4) is 0 Å². The summed E-state index contributed by atoms with van der Waals surface area (Å²) in [5, 5.41) is 0. The first-order valence-corrected chi connectivity index (χ1v) is 29.0. The molecule has 0 saturated heterocycles. The van der Waals surface area contributed by atoms with E-state index >= 15 is 0 Å². The molecule has 0 amide bonds. The minimum absolute atomic E-state index is 0.0988. The van der Waals surface area contributed by atoms with Gasteiger partial charge in [-0.15, -0.1) is 0 Å². The van der Waals surface area contributed by atoms with Crippen LogP contribution in [-0.2, 0) is 28.6 Å². The summed E-state index contributed by atoms with van der Waals surface area (Å²) in [5.74, 6) is -0.974. The van der Waals surface area contributed by atoms with Gasteiger partial charge in [-0.25, -0.2) is 0 Å². The number of unbranched alkanes of at least 4 members (excludes halogenated alkanes) is 33. The molecule has 6 nitrogen and oxygen atoms in total. The zero-order chi connectivity index (χ0) is 49.3. The number of allylic oxidation sites excluding steroid dienone is 12. The van der Waals surface area contributed by atoms with Gasteiger partial charge in [0.05, 0.1) is 0 Å². The van der Waals surface area contributed by atoms with Gasteiger partial charge in [-0.2, -0.15) is 0 Å². The zero-order valence-electron chi connectivity index (χ0n) is 44.9. The topological polar surface area (TPSA) is 78.9 Å². The van der Waals surface area contributed by atoms with Gasteiger partial charge in [0.1, 0.15) is 13.2 Å². The van der Waals surface area contributed by atoms with Crippen LogP contribution < -0.4 is 0 Å². The van der Waals surface area contributed by atoms with E-state index in [0.29, 0.717) is 19.3 Å². The summed E-state index contributed by atoms with van der Waals surface area (Å²) in [7, 11) is 0. The summed E-state index contributed by atoms with van der Waals surface area (Å²) >= 11 is 0. The van der Waals surface area contributed by atoms with Crippen LogP contribution in [0.5, 0.6) is 0 Å². The quantitative estimate of drug-likeness (QED) is 0.0199. The lowest BCUT2D eigenvalue weighted by Gasteiger charge is -2.18. The third-order valence-corrected chi connectivity index (χ3v) is 12.6. The lowest BCUT2D eigenvalue weighted by atomic mass is 10.0. The van der Waals surface area contributed by atoms with E-state index < -0.39 is 6.10 Å². The Kier molecular flexibility index (Phi) is 53.8. The van der Waals surface area contributed by atoms with E-state index in [9.17, 15) is 14.4 Å². The van der Waals surface area contributed by atoms with Gasteiger partial charge in [-0.05, 0) is 57.8 Å². The predicted molar refractivity (Wildman–Crippen MR) is 293 cm³/mol. The van der Waals surface area contributed by atoms with Crippen molar-refractivity contribution in [2.45, 2.75) is 290 Å². The summed E-state index contributed by atoms with van der Waals surface area (Å²) in [6, 6.07) is 0. The van der Waals surface area contributed by atoms with Crippen LogP contribution in [0.4, 0.5) is 0 Å². The van der Waals surface area contributed by atoms with E-state index in [4.69, 9.17) is 14.2 Å². The maximum atomic E-state index is 12.8. The van der Waals surface area contributed by atoms with E-state index in [1.807, 2.05) is 54.7 Å². The van der Waals surface area contributed by atoms with E-state index in [0.717, 1.165) is 64.2 Å². The highest BCUT2D eigenvalue weighted by Gasteiger charge is 2.19. The molecule has 0 bridgehead atoms. The maximum absolute atomic E-state index is 12.8. The van der Waals surface area contributed by atoms with Crippen LogP contribution in [0, 0.1) is 0 Å². The van der Waals surface area contributed by atoms with Crippen molar-refractivity contribution in [2.75, 3.05) is 13.2 Å². The van der Waals surface area contributed by atoms with Gasteiger partial charge < -0.3 is 14.2 Å². The Bertz CT molecular complexity index is 1270. The Morgan fingerprint density at radius 1 is 0.309 bits per heavy atom. The van der Waals surface area contributed by atoms with Crippen molar-refractivity contribution >= 4 is 17.9 Å². The van der Waals surface area contributed by atoms with Crippen molar-refractivity contribution < 1.29 is 28.6 Å². The minimum atomic E-state index is -0.807. The first-order chi connectivity index (χ1) is 33.5. The molecule has 0 saturated carbocycles. The first-order valence-electron chi connectivity index (χ1n) is 29.0. The Morgan fingerprint density at radius 3 is 0.985 bits per heavy atom. The van der Waals surface area contributed by atoms with Crippen LogP contribution in [0.3, 0.4) is 0 Å². The molecule has 0 fully saturated rings. The second kappa shape index (κ2) is 56.4. The second-order valence-electron chi connectivity index (χ2n) is 19.3. The normalized spacial score (nSPS) is 12.6. The summed E-state index contributed by atoms with van der Waals surface area (Å²) in [6.45, 7) is 6.46. The van der Waals surface area contributed by atoms with Crippen molar-refractivity contribution in [1.29, 1.82) is 0 Å². The number of carbonyl (C=O) groups is 3. The Balaban J connectivity index is 4.40. The van der Waals surface area contributed by atoms with Crippen LogP contribution in [0.15, 0.2) is 72.9 Å². The van der Waals surface area contributed by atoms with E-state index in [2.05, 4.69) is 39.0 Å². The molecule has 0 aromatic heterocycles. The molecule has 1 unspecified atom stereocenters. The minimum Gasteiger partial charge on any atom is -0.462 e. The van der Waals surface area contributed by atoms with Crippen LogP contribution >= 0.6 is 0 Å². The third-order valence-electron chi connectivity index (χ3n) is 12.6. The largest absolute Gasteiger partial charge is 0.462 e. The number of hydrogen-bond donors (Lipinski definition) is 0. The molecule has 0 aliphatic rings. The van der Waals surface area contributed by atoms with Crippen LogP contribution in [0.25, 0.3) is 0 Å². The van der Waals surface area contributed by atoms with E-state index in [1.165, 1.54) is 173 Å². The highest BCUT2D eigenvalue weighted by atomic mass is 16.6. The molecule has 0 heterocycles. The molecule has 0 aliphatic carbocycles. The molecular formula is C62H108O6. The highest BCUT2D eigenvalue weighted by molar-refractivity contribution is 5.71. The van der Waals surface area contributed by atoms with Gasteiger partial charge in [-0.3, -0.25) is 14.4 Å². The van der Waals surface area contributed by atoms with Gasteiger partial charge in [0.25, 0.3) is 0 Å². The SMILES string of the molecule is CC\C=C/C=C\C=C/C=C\C=C/CCCC(=O)OCC(COC(=O)CCCCCCCCCCCCCCCCCCCCC)OC(=O)CCCCCCC/C=C\CCCCCCCCCCC. The Hall–Kier alpha value is -3.15. The fourth-order valence-electron chi connectivity index (χ4n) is 8.23. The van der Waals surface area contributed by atoms with E-state index in [1.54, 1.807) is 0 Å². The lowest BCUT2D eigenvalue weighted by Crippen LogP contribution is -2.30. The summed E-state index contributed by atoms with van der Waals surface area (Å²) < 4.78 is 16.8. The van der Waals surface area contributed by atoms with Gasteiger partial charge in [0.2, 0.25) is 0 Å². The first kappa shape index (κ1) is 64.8. The molecule has 0 aromatic carbocycles. The van der Waals surface area contributed by atoms with Crippen molar-refractivity contribution in [3.05, 3.63) is 72.9 Å². The molecule has 0 spiro atoms. The number of ether oxygens (including phenoxy) is 3. The monoisotopic (exact) mass is 949 g/mol. The van der Waals surface area contributed by atoms with Gasteiger partial charge in [0.15, 0.2) is 6.10 Å².